The Hall–Kier alpha value is -0.480. The second kappa shape index (κ2) is 6.44. The summed E-state index contributed by atoms with van der Waals surface area (Å²) >= 11 is 12.1. The van der Waals surface area contributed by atoms with Gasteiger partial charge in [0.05, 0.1) is 0 Å². The van der Waals surface area contributed by atoms with Crippen LogP contribution in [-0.2, 0) is 4.79 Å². The molecule has 1 aromatic carbocycles. The van der Waals surface area contributed by atoms with Gasteiger partial charge in [0.15, 0.2) is 0 Å². The van der Waals surface area contributed by atoms with Crippen LogP contribution in [0, 0.1) is 17.8 Å². The van der Waals surface area contributed by atoms with Gasteiger partial charge in [-0.3, -0.25) is 4.79 Å². The largest absolute Gasteiger partial charge is 0.342 e. The van der Waals surface area contributed by atoms with Crippen LogP contribution in [0.3, 0.4) is 0 Å². The van der Waals surface area contributed by atoms with Gasteiger partial charge in [-0.15, -0.1) is 12.4 Å². The average Bonchev–Trinajstić information content (AvgIpc) is 3.03. The molecule has 2 saturated carbocycles. The van der Waals surface area contributed by atoms with Gasteiger partial charge >= 0.3 is 0 Å². The summed E-state index contributed by atoms with van der Waals surface area (Å²) in [6.45, 7) is 1.75. The van der Waals surface area contributed by atoms with E-state index in [0.29, 0.717) is 27.8 Å². The number of carbonyl (C=O) groups is 1. The Morgan fingerprint density at radius 3 is 2.48 bits per heavy atom. The van der Waals surface area contributed by atoms with Crippen molar-refractivity contribution in [3.63, 3.8) is 0 Å². The van der Waals surface area contributed by atoms with Crippen molar-refractivity contribution in [1.29, 1.82) is 0 Å². The van der Waals surface area contributed by atoms with E-state index in [0.717, 1.165) is 31.5 Å². The highest BCUT2D eigenvalue weighted by molar-refractivity contribution is 6.34. The lowest BCUT2D eigenvalue weighted by Gasteiger charge is -2.19. The van der Waals surface area contributed by atoms with Crippen LogP contribution in [0.5, 0.6) is 0 Å². The number of amides is 1. The molecule has 3 aliphatic rings. The maximum absolute atomic E-state index is 12.7. The summed E-state index contributed by atoms with van der Waals surface area (Å²) in [7, 11) is 0. The number of carbonyl (C=O) groups excluding carboxylic acids is 1. The molecule has 3 nitrogen and oxygen atoms in total. The fraction of sp³-hybridized carbons (Fsp3) is 0.588. The lowest BCUT2D eigenvalue weighted by atomic mass is 9.98. The number of nitrogens with two attached hydrogens (primary N) is 1. The number of likely N-dealkylation sites (tertiary alicyclic amines) is 1. The first kappa shape index (κ1) is 17.3. The normalized spacial score (nSPS) is 34.9. The Labute approximate surface area is 152 Å². The molecule has 23 heavy (non-hydrogen) atoms. The number of rotatable bonds is 2. The first-order chi connectivity index (χ1) is 10.5. The molecule has 0 bridgehead atoms. The molecule has 2 aliphatic carbocycles. The van der Waals surface area contributed by atoms with Crippen LogP contribution in [0.25, 0.3) is 0 Å². The minimum Gasteiger partial charge on any atom is -0.342 e. The number of nitrogens with zero attached hydrogens (tertiary/aromatic N) is 1. The van der Waals surface area contributed by atoms with Gasteiger partial charge in [0.25, 0.3) is 0 Å². The molecular weight excluding hydrogens is 355 g/mol. The quantitative estimate of drug-likeness (QED) is 0.856. The summed E-state index contributed by atoms with van der Waals surface area (Å²) in [4.78, 5) is 14.8. The van der Waals surface area contributed by atoms with Crippen LogP contribution in [0.15, 0.2) is 18.2 Å². The zero-order valence-electron chi connectivity index (χ0n) is 12.8. The molecular formula is C17H21Cl3N2O. The second-order valence-electron chi connectivity index (χ2n) is 7.06. The van der Waals surface area contributed by atoms with E-state index in [9.17, 15) is 4.79 Å². The van der Waals surface area contributed by atoms with E-state index in [4.69, 9.17) is 28.9 Å². The van der Waals surface area contributed by atoms with Crippen molar-refractivity contribution in [3.05, 3.63) is 33.8 Å². The van der Waals surface area contributed by atoms with Gasteiger partial charge in [-0.1, -0.05) is 23.2 Å². The summed E-state index contributed by atoms with van der Waals surface area (Å²) in [5.41, 5.74) is 7.25. The third-order valence-electron chi connectivity index (χ3n) is 5.64. The molecule has 3 fully saturated rings. The third kappa shape index (κ3) is 3.21. The van der Waals surface area contributed by atoms with Crippen molar-refractivity contribution < 1.29 is 4.79 Å². The van der Waals surface area contributed by atoms with E-state index in [2.05, 4.69) is 0 Å². The average molecular weight is 376 g/mol. The molecule has 1 amide bonds. The molecule has 1 aromatic rings. The minimum atomic E-state index is 0. The van der Waals surface area contributed by atoms with Crippen molar-refractivity contribution in [2.75, 3.05) is 13.1 Å². The molecule has 2 N–H and O–H groups in total. The molecule has 1 saturated heterocycles. The van der Waals surface area contributed by atoms with Gasteiger partial charge in [0.2, 0.25) is 5.91 Å². The van der Waals surface area contributed by atoms with Crippen molar-refractivity contribution in [2.45, 2.75) is 31.2 Å². The van der Waals surface area contributed by atoms with E-state index in [1.54, 1.807) is 6.07 Å². The molecule has 6 heteroatoms. The van der Waals surface area contributed by atoms with E-state index < -0.39 is 0 Å². The molecule has 1 aliphatic heterocycles. The van der Waals surface area contributed by atoms with Crippen LogP contribution in [0.1, 0.15) is 30.7 Å². The van der Waals surface area contributed by atoms with Gasteiger partial charge in [-0.25, -0.2) is 0 Å². The minimum absolute atomic E-state index is 0. The summed E-state index contributed by atoms with van der Waals surface area (Å²) in [5.74, 6) is 1.81. The van der Waals surface area contributed by atoms with Gasteiger partial charge in [-0.05, 0) is 60.8 Å². The highest BCUT2D eigenvalue weighted by Crippen LogP contribution is 2.50. The fourth-order valence-corrected chi connectivity index (χ4v) is 4.89. The fourth-order valence-electron chi connectivity index (χ4n) is 4.35. The monoisotopic (exact) mass is 374 g/mol. The van der Waals surface area contributed by atoms with Crippen LogP contribution in [0.2, 0.25) is 10.0 Å². The van der Waals surface area contributed by atoms with Crippen molar-refractivity contribution in [2.24, 2.45) is 23.5 Å². The van der Waals surface area contributed by atoms with Crippen LogP contribution >= 0.6 is 35.6 Å². The van der Waals surface area contributed by atoms with Crippen molar-refractivity contribution in [1.82, 2.24) is 4.90 Å². The Balaban J connectivity index is 0.00000156. The molecule has 126 valence electrons. The maximum Gasteiger partial charge on any atom is 0.226 e. The van der Waals surface area contributed by atoms with Crippen LogP contribution in [0.4, 0.5) is 0 Å². The van der Waals surface area contributed by atoms with Crippen LogP contribution in [-0.4, -0.2) is 29.9 Å². The lowest BCUT2D eigenvalue weighted by molar-refractivity contribution is -0.131. The number of benzene rings is 1. The molecule has 0 radical (unpaired) electrons. The Kier molecular flexibility index (Phi) is 4.85. The zero-order valence-corrected chi connectivity index (χ0v) is 15.1. The van der Waals surface area contributed by atoms with Gasteiger partial charge in [-0.2, -0.15) is 0 Å². The van der Waals surface area contributed by atoms with E-state index in [-0.39, 0.29) is 30.3 Å². The second-order valence-corrected chi connectivity index (χ2v) is 7.93. The standard InChI is InChI=1S/C17H20Cl2N2O.ClH/c18-11-3-10(4-12(19)5-11)13-6-14(13)17(22)21-7-9-1-2-16(20)15(9)8-21;/h3-5,9,13-16H,1-2,6-8,20H2;1H. The highest BCUT2D eigenvalue weighted by Gasteiger charge is 2.50. The summed E-state index contributed by atoms with van der Waals surface area (Å²) in [6, 6.07) is 5.87. The number of fused-ring (bicyclic) bond motifs is 1. The Bertz CT molecular complexity index is 604. The summed E-state index contributed by atoms with van der Waals surface area (Å²) in [5, 5.41) is 1.28. The molecule has 0 spiro atoms. The molecule has 5 atom stereocenters. The zero-order chi connectivity index (χ0) is 15.4. The summed E-state index contributed by atoms with van der Waals surface area (Å²) in [6.07, 6.45) is 3.20. The number of halogens is 3. The van der Waals surface area contributed by atoms with Crippen molar-refractivity contribution in [3.8, 4) is 0 Å². The lowest BCUT2D eigenvalue weighted by Crippen LogP contribution is -2.34. The Morgan fingerprint density at radius 2 is 1.83 bits per heavy atom. The maximum atomic E-state index is 12.7. The van der Waals surface area contributed by atoms with Gasteiger partial charge in [0.1, 0.15) is 0 Å². The third-order valence-corrected chi connectivity index (χ3v) is 6.08. The number of hydrogen-bond acceptors (Lipinski definition) is 2. The number of hydrogen-bond donors (Lipinski definition) is 1. The van der Waals surface area contributed by atoms with Crippen LogP contribution < -0.4 is 5.73 Å². The molecule has 1 heterocycles. The SMILES string of the molecule is Cl.NC1CCC2CN(C(=O)C3CC3c3cc(Cl)cc(Cl)c3)CC12. The molecule has 4 rings (SSSR count). The smallest absolute Gasteiger partial charge is 0.226 e. The topological polar surface area (TPSA) is 46.3 Å². The van der Waals surface area contributed by atoms with E-state index in [1.165, 1.54) is 6.42 Å². The Morgan fingerprint density at radius 1 is 1.13 bits per heavy atom. The molecule has 0 aromatic heterocycles. The summed E-state index contributed by atoms with van der Waals surface area (Å²) < 4.78 is 0. The van der Waals surface area contributed by atoms with Gasteiger partial charge in [0, 0.05) is 35.1 Å². The first-order valence-electron chi connectivity index (χ1n) is 8.03. The van der Waals surface area contributed by atoms with Crippen molar-refractivity contribution >= 4 is 41.5 Å². The predicted octanol–water partition coefficient (Wildman–Crippen LogP) is 3.71. The van der Waals surface area contributed by atoms with Gasteiger partial charge < -0.3 is 10.6 Å². The predicted molar refractivity (Wildman–Crippen MR) is 95.3 cm³/mol. The van der Waals surface area contributed by atoms with E-state index in [1.807, 2.05) is 17.0 Å². The molecule has 5 unspecified atom stereocenters. The van der Waals surface area contributed by atoms with E-state index >= 15 is 0 Å². The highest BCUT2D eigenvalue weighted by atomic mass is 35.5. The first-order valence-corrected chi connectivity index (χ1v) is 8.79.